The average Bonchev–Trinajstić information content (AvgIpc) is 2.82. The number of ether oxygens (including phenoxy) is 1. The predicted octanol–water partition coefficient (Wildman–Crippen LogP) is 3.69. The maximum atomic E-state index is 13.5. The second-order valence-corrected chi connectivity index (χ2v) is 11.2. The standard InChI is InChI=1S/C26H28N2O7S/c1-26(2,3)20-11-9-18(10-12-20)16-28(36(33,34)22-8-5-13-27-15-22)17-19-6-4-7-21(14-19)35-23(24(29)30)25(31)32/h4-15,23H,16-17H2,1-3H3,(H,29,30)(H,31,32). The lowest BCUT2D eigenvalue weighted by atomic mass is 9.87. The van der Waals surface area contributed by atoms with Gasteiger partial charge in [0.1, 0.15) is 10.6 Å². The summed E-state index contributed by atoms with van der Waals surface area (Å²) in [7, 11) is -3.96. The van der Waals surface area contributed by atoms with Gasteiger partial charge in [-0.3, -0.25) is 4.98 Å². The first-order valence-electron chi connectivity index (χ1n) is 11.1. The number of hydrogen-bond acceptors (Lipinski definition) is 6. The fourth-order valence-electron chi connectivity index (χ4n) is 3.45. The van der Waals surface area contributed by atoms with Crippen LogP contribution in [0.15, 0.2) is 78.0 Å². The molecule has 1 heterocycles. The normalized spacial score (nSPS) is 12.0. The maximum absolute atomic E-state index is 13.5. The molecule has 2 aromatic carbocycles. The van der Waals surface area contributed by atoms with Crippen molar-refractivity contribution in [3.05, 3.63) is 89.7 Å². The number of aromatic nitrogens is 1. The second-order valence-electron chi connectivity index (χ2n) is 9.23. The quantitative estimate of drug-likeness (QED) is 0.393. The van der Waals surface area contributed by atoms with Crippen LogP contribution >= 0.6 is 0 Å². The minimum Gasteiger partial charge on any atom is -0.478 e. The Balaban J connectivity index is 1.93. The first-order valence-corrected chi connectivity index (χ1v) is 12.5. The van der Waals surface area contributed by atoms with Gasteiger partial charge in [-0.2, -0.15) is 4.31 Å². The van der Waals surface area contributed by atoms with E-state index in [4.69, 9.17) is 14.9 Å². The first-order chi connectivity index (χ1) is 16.9. The number of benzene rings is 2. The molecule has 0 radical (unpaired) electrons. The van der Waals surface area contributed by atoms with E-state index in [1.54, 1.807) is 12.1 Å². The zero-order valence-electron chi connectivity index (χ0n) is 20.2. The molecule has 3 aromatic rings. The molecule has 0 bridgehead atoms. The van der Waals surface area contributed by atoms with Crippen molar-refractivity contribution in [2.45, 2.75) is 50.3 Å². The van der Waals surface area contributed by atoms with Gasteiger partial charge in [-0.25, -0.2) is 18.0 Å². The number of carboxylic acids is 2. The van der Waals surface area contributed by atoms with Gasteiger partial charge in [-0.1, -0.05) is 57.2 Å². The SMILES string of the molecule is CC(C)(C)c1ccc(CN(Cc2cccc(OC(C(=O)O)C(=O)O)c2)S(=O)(=O)c2cccnc2)cc1. The summed E-state index contributed by atoms with van der Waals surface area (Å²) in [4.78, 5) is 26.3. The summed E-state index contributed by atoms with van der Waals surface area (Å²) >= 11 is 0. The van der Waals surface area contributed by atoms with E-state index < -0.39 is 28.1 Å². The van der Waals surface area contributed by atoms with Crippen molar-refractivity contribution in [1.82, 2.24) is 9.29 Å². The fraction of sp³-hybridized carbons (Fsp3) is 0.269. The number of rotatable bonds is 10. The van der Waals surface area contributed by atoms with Crippen molar-refractivity contribution in [3.63, 3.8) is 0 Å². The average molecular weight is 513 g/mol. The Kier molecular flexibility index (Phi) is 8.11. The van der Waals surface area contributed by atoms with Gasteiger partial charge in [-0.05, 0) is 46.4 Å². The molecule has 3 rings (SSSR count). The molecule has 0 saturated carbocycles. The Bertz CT molecular complexity index is 1300. The largest absolute Gasteiger partial charge is 0.478 e. The molecule has 0 atom stereocenters. The van der Waals surface area contributed by atoms with Crippen LogP contribution in [0.3, 0.4) is 0 Å². The van der Waals surface area contributed by atoms with Crippen LogP contribution in [0.2, 0.25) is 0 Å². The van der Waals surface area contributed by atoms with Gasteiger partial charge in [0.05, 0.1) is 0 Å². The molecule has 0 aliphatic carbocycles. The lowest BCUT2D eigenvalue weighted by Crippen LogP contribution is -2.35. The predicted molar refractivity (Wildman–Crippen MR) is 132 cm³/mol. The number of sulfonamides is 1. The molecular weight excluding hydrogens is 484 g/mol. The van der Waals surface area contributed by atoms with E-state index in [0.29, 0.717) is 5.56 Å². The van der Waals surface area contributed by atoms with E-state index in [2.05, 4.69) is 25.8 Å². The molecule has 36 heavy (non-hydrogen) atoms. The molecular formula is C26H28N2O7S. The zero-order chi connectivity index (χ0) is 26.5. The van der Waals surface area contributed by atoms with E-state index in [-0.39, 0.29) is 29.1 Å². The molecule has 0 saturated heterocycles. The van der Waals surface area contributed by atoms with Gasteiger partial charge in [0, 0.05) is 25.5 Å². The van der Waals surface area contributed by atoms with Gasteiger partial charge in [0.2, 0.25) is 10.0 Å². The Morgan fingerprint density at radius 2 is 1.58 bits per heavy atom. The Morgan fingerprint density at radius 1 is 0.944 bits per heavy atom. The third kappa shape index (κ3) is 6.67. The summed E-state index contributed by atoms with van der Waals surface area (Å²) < 4.78 is 33.4. The molecule has 0 aliphatic heterocycles. The molecule has 1 aromatic heterocycles. The number of carbonyl (C=O) groups is 2. The molecule has 0 amide bonds. The highest BCUT2D eigenvalue weighted by Gasteiger charge is 2.29. The van der Waals surface area contributed by atoms with E-state index in [1.165, 1.54) is 41.0 Å². The third-order valence-corrected chi connectivity index (χ3v) is 7.19. The van der Waals surface area contributed by atoms with Crippen molar-refractivity contribution in [2.75, 3.05) is 0 Å². The van der Waals surface area contributed by atoms with Crippen LogP contribution in [0.1, 0.15) is 37.5 Å². The molecule has 0 aliphatic rings. The number of aliphatic carboxylic acids is 2. The lowest BCUT2D eigenvalue weighted by molar-refractivity contribution is -0.159. The van der Waals surface area contributed by atoms with Crippen LogP contribution in [0.5, 0.6) is 5.75 Å². The molecule has 9 nitrogen and oxygen atoms in total. The number of pyridine rings is 1. The molecule has 190 valence electrons. The topological polar surface area (TPSA) is 134 Å². The monoisotopic (exact) mass is 512 g/mol. The molecule has 0 unspecified atom stereocenters. The van der Waals surface area contributed by atoms with E-state index in [0.717, 1.165) is 11.1 Å². The summed E-state index contributed by atoms with van der Waals surface area (Å²) in [5, 5.41) is 18.2. The van der Waals surface area contributed by atoms with Crippen LogP contribution < -0.4 is 4.74 Å². The Labute approximate surface area is 210 Å². The van der Waals surface area contributed by atoms with Gasteiger partial charge < -0.3 is 14.9 Å². The molecule has 10 heteroatoms. The highest BCUT2D eigenvalue weighted by Crippen LogP contribution is 2.25. The second kappa shape index (κ2) is 10.9. The van der Waals surface area contributed by atoms with Crippen LogP contribution in [-0.2, 0) is 38.1 Å². The lowest BCUT2D eigenvalue weighted by Gasteiger charge is -2.24. The van der Waals surface area contributed by atoms with Crippen LogP contribution in [-0.4, -0.2) is 46.0 Å². The number of carboxylic acid groups (broad SMARTS) is 2. The maximum Gasteiger partial charge on any atom is 0.356 e. The van der Waals surface area contributed by atoms with Crippen LogP contribution in [0.25, 0.3) is 0 Å². The smallest absolute Gasteiger partial charge is 0.356 e. The van der Waals surface area contributed by atoms with Crippen LogP contribution in [0, 0.1) is 0 Å². The Morgan fingerprint density at radius 3 is 2.14 bits per heavy atom. The fourth-order valence-corrected chi connectivity index (χ4v) is 4.83. The first kappa shape index (κ1) is 26.8. The third-order valence-electron chi connectivity index (χ3n) is 5.41. The summed E-state index contributed by atoms with van der Waals surface area (Å²) in [5.41, 5.74) is 2.33. The molecule has 2 N–H and O–H groups in total. The summed E-state index contributed by atoms with van der Waals surface area (Å²) in [5.74, 6) is -3.30. The van der Waals surface area contributed by atoms with Crippen molar-refractivity contribution < 1.29 is 33.0 Å². The minimum atomic E-state index is -3.96. The minimum absolute atomic E-state index is 0.00411. The van der Waals surface area contributed by atoms with Gasteiger partial charge >= 0.3 is 11.9 Å². The number of hydrogen-bond donors (Lipinski definition) is 2. The van der Waals surface area contributed by atoms with E-state index >= 15 is 0 Å². The van der Waals surface area contributed by atoms with E-state index in [1.807, 2.05) is 24.3 Å². The molecule has 0 spiro atoms. The molecule has 0 fully saturated rings. The van der Waals surface area contributed by atoms with Gasteiger partial charge in [0.25, 0.3) is 6.10 Å². The van der Waals surface area contributed by atoms with Crippen LogP contribution in [0.4, 0.5) is 0 Å². The highest BCUT2D eigenvalue weighted by atomic mass is 32.2. The van der Waals surface area contributed by atoms with Crippen molar-refractivity contribution in [1.29, 1.82) is 0 Å². The Hall–Kier alpha value is -3.76. The van der Waals surface area contributed by atoms with E-state index in [9.17, 15) is 18.0 Å². The zero-order valence-corrected chi connectivity index (χ0v) is 21.0. The highest BCUT2D eigenvalue weighted by molar-refractivity contribution is 7.89. The van der Waals surface area contributed by atoms with Gasteiger partial charge in [0.15, 0.2) is 0 Å². The van der Waals surface area contributed by atoms with Gasteiger partial charge in [-0.15, -0.1) is 0 Å². The number of nitrogens with zero attached hydrogens (tertiary/aromatic N) is 2. The summed E-state index contributed by atoms with van der Waals surface area (Å²) in [6.45, 7) is 6.28. The van der Waals surface area contributed by atoms with Crippen molar-refractivity contribution in [2.24, 2.45) is 0 Å². The summed E-state index contributed by atoms with van der Waals surface area (Å²) in [6.07, 6.45) is 0.669. The van der Waals surface area contributed by atoms with Crippen molar-refractivity contribution in [3.8, 4) is 5.75 Å². The van der Waals surface area contributed by atoms with Crippen molar-refractivity contribution >= 4 is 22.0 Å². The summed E-state index contributed by atoms with van der Waals surface area (Å²) in [6, 6.07) is 16.7.